The van der Waals surface area contributed by atoms with Crippen LogP contribution < -0.4 is 10.2 Å². The fourth-order valence-corrected chi connectivity index (χ4v) is 1.93. The molecule has 1 heterocycles. The van der Waals surface area contributed by atoms with Gasteiger partial charge in [0.25, 0.3) is 0 Å². The molecule has 0 unspecified atom stereocenters. The highest BCUT2D eigenvalue weighted by atomic mass is 35.5. The van der Waals surface area contributed by atoms with Crippen LogP contribution in [0.2, 0.25) is 5.02 Å². The van der Waals surface area contributed by atoms with Crippen LogP contribution in [-0.4, -0.2) is 18.5 Å². The van der Waals surface area contributed by atoms with E-state index in [1.165, 1.54) is 12.1 Å². The van der Waals surface area contributed by atoms with Crippen molar-refractivity contribution in [2.75, 3.05) is 16.8 Å². The molecule has 1 aliphatic rings. The minimum Gasteiger partial charge on any atom is -0.358 e. The van der Waals surface area contributed by atoms with Crippen LogP contribution >= 0.6 is 11.6 Å². The third-order valence-corrected chi connectivity index (χ3v) is 2.85. The molecule has 16 heavy (non-hydrogen) atoms. The number of nitrogens with one attached hydrogen (secondary N) is 1. The molecule has 0 aliphatic carbocycles. The number of benzene rings is 1. The van der Waals surface area contributed by atoms with Crippen LogP contribution in [0, 0.1) is 5.82 Å². The highest BCUT2D eigenvalue weighted by Crippen LogP contribution is 2.34. The van der Waals surface area contributed by atoms with E-state index in [0.29, 0.717) is 11.4 Å². The predicted octanol–water partition coefficient (Wildman–Crippen LogP) is 2.65. The van der Waals surface area contributed by atoms with Gasteiger partial charge in [0.2, 0.25) is 5.91 Å². The summed E-state index contributed by atoms with van der Waals surface area (Å²) in [6, 6.07) is 2.93. The molecule has 0 saturated carbocycles. The quantitative estimate of drug-likeness (QED) is 0.821. The van der Waals surface area contributed by atoms with Gasteiger partial charge in [-0.2, -0.15) is 0 Å². The van der Waals surface area contributed by atoms with Crippen LogP contribution in [0.15, 0.2) is 12.1 Å². The topological polar surface area (TPSA) is 32.3 Å². The number of rotatable bonds is 1. The van der Waals surface area contributed by atoms with Gasteiger partial charge in [-0.15, -0.1) is 0 Å². The van der Waals surface area contributed by atoms with Gasteiger partial charge in [0.15, 0.2) is 0 Å². The number of hydrogen-bond acceptors (Lipinski definition) is 2. The van der Waals surface area contributed by atoms with Crippen molar-refractivity contribution >= 4 is 28.9 Å². The molecule has 0 fully saturated rings. The summed E-state index contributed by atoms with van der Waals surface area (Å²) in [4.78, 5) is 13.3. The van der Waals surface area contributed by atoms with Gasteiger partial charge in [-0.1, -0.05) is 11.6 Å². The summed E-state index contributed by atoms with van der Waals surface area (Å²) in [5.41, 5.74) is 1.24. The molecule has 0 atom stereocenters. The third-order valence-electron chi connectivity index (χ3n) is 2.56. The predicted molar refractivity (Wildman–Crippen MR) is 62.5 cm³/mol. The highest BCUT2D eigenvalue weighted by molar-refractivity contribution is 6.31. The molecule has 1 N–H and O–H groups in total. The van der Waals surface area contributed by atoms with Crippen molar-refractivity contribution in [3.63, 3.8) is 0 Å². The van der Waals surface area contributed by atoms with Gasteiger partial charge in [-0.3, -0.25) is 4.79 Å². The van der Waals surface area contributed by atoms with E-state index >= 15 is 0 Å². The average molecular weight is 243 g/mol. The molecule has 0 radical (unpaired) electrons. The zero-order valence-electron chi connectivity index (χ0n) is 9.05. The van der Waals surface area contributed by atoms with Crippen LogP contribution in [0.3, 0.4) is 0 Å². The second-order valence-electron chi connectivity index (χ2n) is 4.05. The summed E-state index contributed by atoms with van der Waals surface area (Å²) >= 11 is 5.68. The van der Waals surface area contributed by atoms with Gasteiger partial charge in [0, 0.05) is 12.1 Å². The summed E-state index contributed by atoms with van der Waals surface area (Å²) in [5, 5.41) is 2.70. The Morgan fingerprint density at radius 1 is 1.50 bits per heavy atom. The molecular formula is C11H12ClFN2O. The fourth-order valence-electron chi connectivity index (χ4n) is 1.76. The maximum atomic E-state index is 13.4. The van der Waals surface area contributed by atoms with Gasteiger partial charge in [-0.05, 0) is 19.9 Å². The SMILES string of the molecule is CC(C)N1CC(=O)Nc2cc(Cl)c(F)cc21. The molecule has 2 rings (SSSR count). The summed E-state index contributed by atoms with van der Waals surface area (Å²) in [6.07, 6.45) is 0. The number of anilines is 2. The van der Waals surface area contributed by atoms with Crippen LogP contribution in [0.1, 0.15) is 13.8 Å². The van der Waals surface area contributed by atoms with E-state index in [4.69, 9.17) is 11.6 Å². The minimum absolute atomic E-state index is 0.0182. The third kappa shape index (κ3) is 1.85. The zero-order chi connectivity index (χ0) is 11.9. The smallest absolute Gasteiger partial charge is 0.243 e. The second kappa shape index (κ2) is 3.94. The molecular weight excluding hydrogens is 231 g/mol. The second-order valence-corrected chi connectivity index (χ2v) is 4.46. The first-order valence-electron chi connectivity index (χ1n) is 5.04. The largest absolute Gasteiger partial charge is 0.358 e. The lowest BCUT2D eigenvalue weighted by Crippen LogP contribution is -2.42. The van der Waals surface area contributed by atoms with Gasteiger partial charge in [-0.25, -0.2) is 4.39 Å². The van der Waals surface area contributed by atoms with E-state index in [0.717, 1.165) is 0 Å². The van der Waals surface area contributed by atoms with E-state index < -0.39 is 5.82 Å². The van der Waals surface area contributed by atoms with E-state index in [1.54, 1.807) is 0 Å². The Bertz CT molecular complexity index is 448. The maximum Gasteiger partial charge on any atom is 0.243 e. The Hall–Kier alpha value is -1.29. The summed E-state index contributed by atoms with van der Waals surface area (Å²) in [6.45, 7) is 4.15. The number of halogens is 2. The number of hydrogen-bond donors (Lipinski definition) is 1. The van der Waals surface area contributed by atoms with Gasteiger partial charge < -0.3 is 10.2 Å². The van der Waals surface area contributed by atoms with Gasteiger partial charge >= 0.3 is 0 Å². The van der Waals surface area contributed by atoms with E-state index in [-0.39, 0.29) is 23.5 Å². The monoisotopic (exact) mass is 242 g/mol. The molecule has 86 valence electrons. The number of amides is 1. The summed E-state index contributed by atoms with van der Waals surface area (Å²) < 4.78 is 13.4. The van der Waals surface area contributed by atoms with E-state index in [2.05, 4.69) is 5.32 Å². The average Bonchev–Trinajstić information content (AvgIpc) is 2.19. The lowest BCUT2D eigenvalue weighted by atomic mass is 10.1. The molecule has 0 spiro atoms. The first kappa shape index (κ1) is 11.2. The highest BCUT2D eigenvalue weighted by Gasteiger charge is 2.25. The molecule has 0 saturated heterocycles. The van der Waals surface area contributed by atoms with Crippen molar-refractivity contribution in [2.45, 2.75) is 19.9 Å². The van der Waals surface area contributed by atoms with Crippen molar-refractivity contribution in [3.8, 4) is 0 Å². The van der Waals surface area contributed by atoms with Gasteiger partial charge in [0.05, 0.1) is 22.9 Å². The van der Waals surface area contributed by atoms with Crippen molar-refractivity contribution in [2.24, 2.45) is 0 Å². The Balaban J connectivity index is 2.52. The number of carbonyl (C=O) groups excluding carboxylic acids is 1. The summed E-state index contributed by atoms with van der Waals surface area (Å²) in [5.74, 6) is -0.578. The molecule has 1 aromatic carbocycles. The maximum absolute atomic E-state index is 13.4. The molecule has 0 bridgehead atoms. The lowest BCUT2D eigenvalue weighted by Gasteiger charge is -2.34. The Kier molecular flexibility index (Phi) is 2.76. The van der Waals surface area contributed by atoms with Crippen molar-refractivity contribution < 1.29 is 9.18 Å². The van der Waals surface area contributed by atoms with Crippen LogP contribution in [-0.2, 0) is 4.79 Å². The fraction of sp³-hybridized carbons (Fsp3) is 0.364. The number of nitrogens with zero attached hydrogens (tertiary/aromatic N) is 1. The molecule has 1 amide bonds. The molecule has 1 aliphatic heterocycles. The lowest BCUT2D eigenvalue weighted by molar-refractivity contribution is -0.115. The number of fused-ring (bicyclic) bond motifs is 1. The summed E-state index contributed by atoms with van der Waals surface area (Å²) in [7, 11) is 0. The van der Waals surface area contributed by atoms with Crippen molar-refractivity contribution in [1.82, 2.24) is 0 Å². The van der Waals surface area contributed by atoms with Crippen LogP contribution in [0.25, 0.3) is 0 Å². The minimum atomic E-state index is -0.470. The molecule has 3 nitrogen and oxygen atoms in total. The standard InChI is InChI=1S/C11H12ClFN2O/c1-6(2)15-5-11(16)14-9-3-7(12)8(13)4-10(9)15/h3-4,6H,5H2,1-2H3,(H,14,16). The van der Waals surface area contributed by atoms with Crippen molar-refractivity contribution in [1.29, 1.82) is 0 Å². The normalized spacial score (nSPS) is 15.1. The molecule has 5 heteroatoms. The van der Waals surface area contributed by atoms with Gasteiger partial charge in [0.1, 0.15) is 5.82 Å². The first-order chi connectivity index (χ1) is 7.49. The van der Waals surface area contributed by atoms with E-state index in [9.17, 15) is 9.18 Å². The van der Waals surface area contributed by atoms with Crippen LogP contribution in [0.5, 0.6) is 0 Å². The Labute approximate surface area is 98.2 Å². The van der Waals surface area contributed by atoms with E-state index in [1.807, 2.05) is 18.7 Å². The Morgan fingerprint density at radius 3 is 2.81 bits per heavy atom. The van der Waals surface area contributed by atoms with Crippen LogP contribution in [0.4, 0.5) is 15.8 Å². The molecule has 0 aromatic heterocycles. The Morgan fingerprint density at radius 2 is 2.19 bits per heavy atom. The number of carbonyl (C=O) groups is 1. The first-order valence-corrected chi connectivity index (χ1v) is 5.42. The molecule has 1 aromatic rings. The zero-order valence-corrected chi connectivity index (χ0v) is 9.81. The van der Waals surface area contributed by atoms with Crippen molar-refractivity contribution in [3.05, 3.63) is 23.0 Å².